The van der Waals surface area contributed by atoms with Crippen molar-refractivity contribution in [3.63, 3.8) is 0 Å². The largest absolute Gasteiger partial charge is 0.462 e. The highest BCUT2D eigenvalue weighted by atomic mass is 32.1. The van der Waals surface area contributed by atoms with E-state index >= 15 is 0 Å². The van der Waals surface area contributed by atoms with Crippen LogP contribution in [0.15, 0.2) is 76.5 Å². The summed E-state index contributed by atoms with van der Waals surface area (Å²) in [5.74, 6) is -0.954. The minimum atomic E-state index is -0.514. The van der Waals surface area contributed by atoms with E-state index in [4.69, 9.17) is 4.74 Å². The summed E-state index contributed by atoms with van der Waals surface area (Å²) in [6.07, 6.45) is 2.32. The number of hydrogen-bond acceptors (Lipinski definition) is 7. The van der Waals surface area contributed by atoms with Crippen LogP contribution in [0.3, 0.4) is 0 Å². The predicted octanol–water partition coefficient (Wildman–Crippen LogP) is 6.23. The average molecular weight is 544 g/mol. The van der Waals surface area contributed by atoms with Crippen LogP contribution >= 0.6 is 22.7 Å². The molecule has 0 bridgehead atoms. The van der Waals surface area contributed by atoms with E-state index in [0.29, 0.717) is 26.3 Å². The molecule has 0 saturated heterocycles. The lowest BCUT2D eigenvalue weighted by Gasteiger charge is -2.10. The molecule has 1 N–H and O–H groups in total. The molecule has 3 aromatic heterocycles. The zero-order valence-electron chi connectivity index (χ0n) is 20.9. The first-order valence-electron chi connectivity index (χ1n) is 12.2. The fourth-order valence-corrected chi connectivity index (χ4v) is 6.10. The lowest BCUT2D eigenvalue weighted by Crippen LogP contribution is -2.28. The molecule has 7 nitrogen and oxygen atoms in total. The first-order valence-corrected chi connectivity index (χ1v) is 14.0. The smallest absolute Gasteiger partial charge is 0.341 e. The number of ether oxygens (including phenoxy) is 1. The van der Waals surface area contributed by atoms with Crippen molar-refractivity contribution in [1.29, 1.82) is 0 Å². The average Bonchev–Trinajstić information content (AvgIpc) is 3.56. The molecule has 0 spiro atoms. The van der Waals surface area contributed by atoms with Crippen LogP contribution in [0.2, 0.25) is 0 Å². The number of rotatable bonds is 8. The summed E-state index contributed by atoms with van der Waals surface area (Å²) in [7, 11) is 0. The van der Waals surface area contributed by atoms with E-state index < -0.39 is 11.9 Å². The van der Waals surface area contributed by atoms with Crippen LogP contribution in [0.25, 0.3) is 32.5 Å². The Hall–Kier alpha value is -4.08. The van der Waals surface area contributed by atoms with Gasteiger partial charge in [-0.15, -0.1) is 22.7 Å². The van der Waals surface area contributed by atoms with Crippen molar-refractivity contribution < 1.29 is 14.3 Å². The molecule has 0 aliphatic heterocycles. The van der Waals surface area contributed by atoms with E-state index in [0.717, 1.165) is 23.1 Å². The Balaban J connectivity index is 1.44. The van der Waals surface area contributed by atoms with Gasteiger partial charge >= 0.3 is 5.97 Å². The lowest BCUT2D eigenvalue weighted by molar-refractivity contribution is -0.116. The van der Waals surface area contributed by atoms with Crippen molar-refractivity contribution in [3.05, 3.63) is 93.2 Å². The third-order valence-electron chi connectivity index (χ3n) is 6.16. The van der Waals surface area contributed by atoms with Crippen molar-refractivity contribution in [1.82, 2.24) is 9.55 Å². The van der Waals surface area contributed by atoms with Crippen LogP contribution in [0.4, 0.5) is 5.00 Å². The zero-order chi connectivity index (χ0) is 26.6. The van der Waals surface area contributed by atoms with Gasteiger partial charge in [-0.25, -0.2) is 9.78 Å². The summed E-state index contributed by atoms with van der Waals surface area (Å²) in [6.45, 7) is 3.79. The van der Waals surface area contributed by atoms with Crippen LogP contribution in [0.1, 0.15) is 29.8 Å². The summed E-state index contributed by atoms with van der Waals surface area (Å²) < 4.78 is 6.57. The van der Waals surface area contributed by atoms with E-state index in [9.17, 15) is 14.4 Å². The van der Waals surface area contributed by atoms with Gasteiger partial charge in [0.1, 0.15) is 21.9 Å². The van der Waals surface area contributed by atoms with E-state index in [2.05, 4.69) is 17.2 Å². The van der Waals surface area contributed by atoms with Crippen molar-refractivity contribution >= 4 is 49.8 Å². The van der Waals surface area contributed by atoms with Crippen molar-refractivity contribution in [3.8, 4) is 22.3 Å². The van der Waals surface area contributed by atoms with E-state index in [1.807, 2.05) is 65.4 Å². The molecule has 5 rings (SSSR count). The number of benzene rings is 2. The van der Waals surface area contributed by atoms with Crippen LogP contribution in [0.5, 0.6) is 0 Å². The van der Waals surface area contributed by atoms with Gasteiger partial charge in [0.15, 0.2) is 0 Å². The Morgan fingerprint density at radius 2 is 1.66 bits per heavy atom. The molecule has 0 unspecified atom stereocenters. The van der Waals surface area contributed by atoms with Crippen LogP contribution in [-0.2, 0) is 22.5 Å². The maximum atomic E-state index is 13.4. The number of nitrogens with one attached hydrogen (secondary N) is 1. The number of hydrogen-bond donors (Lipinski definition) is 1. The number of anilines is 1. The SMILES string of the molecule is CCOC(=O)c1c(-c2ccccc2)csc1NC(=O)Cn1cnc2scc(-c3ccc(CC)cc3)c2c1=O. The molecular weight excluding hydrogens is 518 g/mol. The van der Waals surface area contributed by atoms with Gasteiger partial charge in [-0.3, -0.25) is 14.2 Å². The molecule has 0 radical (unpaired) electrons. The predicted molar refractivity (Wildman–Crippen MR) is 153 cm³/mol. The number of nitrogens with zero attached hydrogens (tertiary/aromatic N) is 2. The minimum absolute atomic E-state index is 0.210. The Morgan fingerprint density at radius 3 is 2.37 bits per heavy atom. The highest BCUT2D eigenvalue weighted by Gasteiger charge is 2.23. The molecule has 2 aromatic carbocycles. The maximum absolute atomic E-state index is 13.4. The van der Waals surface area contributed by atoms with Gasteiger partial charge in [0.25, 0.3) is 5.56 Å². The summed E-state index contributed by atoms with van der Waals surface area (Å²) >= 11 is 2.64. The van der Waals surface area contributed by atoms with Crippen LogP contribution in [-0.4, -0.2) is 28.0 Å². The molecule has 1 amide bonds. The van der Waals surface area contributed by atoms with E-state index in [1.54, 1.807) is 6.92 Å². The Morgan fingerprint density at radius 1 is 0.947 bits per heavy atom. The zero-order valence-corrected chi connectivity index (χ0v) is 22.5. The lowest BCUT2D eigenvalue weighted by atomic mass is 10.0. The van der Waals surface area contributed by atoms with Crippen molar-refractivity contribution in [2.75, 3.05) is 11.9 Å². The number of esters is 1. The molecule has 0 aliphatic rings. The molecule has 0 atom stereocenters. The standard InChI is InChI=1S/C29H25N3O4S2/c1-3-18-10-12-20(13-11-18)21-15-37-26-24(21)28(34)32(17-30-26)14-23(33)31-27-25(29(35)36-4-2)22(16-38-27)19-8-6-5-7-9-19/h5-13,15-17H,3-4,14H2,1-2H3,(H,31,33). The van der Waals surface area contributed by atoms with Crippen LogP contribution < -0.4 is 10.9 Å². The number of thiophene rings is 2. The fraction of sp³-hybridized carbons (Fsp3) is 0.172. The highest BCUT2D eigenvalue weighted by molar-refractivity contribution is 7.17. The molecule has 3 heterocycles. The third-order valence-corrected chi connectivity index (χ3v) is 7.94. The van der Waals surface area contributed by atoms with Crippen molar-refractivity contribution in [2.24, 2.45) is 0 Å². The number of carbonyl (C=O) groups is 2. The van der Waals surface area contributed by atoms with Gasteiger partial charge in [-0.05, 0) is 30.0 Å². The highest BCUT2D eigenvalue weighted by Crippen LogP contribution is 2.36. The number of carbonyl (C=O) groups excluding carboxylic acids is 2. The van der Waals surface area contributed by atoms with Crippen LogP contribution in [0, 0.1) is 0 Å². The Labute approximate surface area is 227 Å². The van der Waals surface area contributed by atoms with Gasteiger partial charge in [0, 0.05) is 21.9 Å². The Bertz CT molecular complexity index is 1670. The summed E-state index contributed by atoms with van der Waals surface area (Å²) in [6, 6.07) is 17.5. The first kappa shape index (κ1) is 25.6. The van der Waals surface area contributed by atoms with Gasteiger partial charge in [-0.1, -0.05) is 61.5 Å². The molecule has 0 saturated carbocycles. The second-order valence-electron chi connectivity index (χ2n) is 8.55. The number of aryl methyl sites for hydroxylation is 1. The molecule has 0 aliphatic carbocycles. The number of amides is 1. The number of aromatic nitrogens is 2. The first-order chi connectivity index (χ1) is 18.5. The van der Waals surface area contributed by atoms with Crippen molar-refractivity contribution in [2.45, 2.75) is 26.8 Å². The van der Waals surface area contributed by atoms with Gasteiger partial charge in [-0.2, -0.15) is 0 Å². The third kappa shape index (κ3) is 5.03. The fourth-order valence-electron chi connectivity index (χ4n) is 4.22. The second-order valence-corrected chi connectivity index (χ2v) is 10.3. The minimum Gasteiger partial charge on any atom is -0.462 e. The maximum Gasteiger partial charge on any atom is 0.341 e. The van der Waals surface area contributed by atoms with E-state index in [1.165, 1.54) is 39.1 Å². The topological polar surface area (TPSA) is 90.3 Å². The number of fused-ring (bicyclic) bond motifs is 1. The molecule has 0 fully saturated rings. The van der Waals surface area contributed by atoms with Gasteiger partial charge < -0.3 is 10.1 Å². The summed E-state index contributed by atoms with van der Waals surface area (Å²) in [4.78, 5) is 44.4. The van der Waals surface area contributed by atoms with E-state index in [-0.39, 0.29) is 18.7 Å². The molecule has 192 valence electrons. The quantitative estimate of drug-likeness (QED) is 0.234. The molecule has 38 heavy (non-hydrogen) atoms. The molecule has 5 aromatic rings. The summed E-state index contributed by atoms with van der Waals surface area (Å²) in [5, 5.41) is 7.42. The van der Waals surface area contributed by atoms with Gasteiger partial charge in [0.05, 0.1) is 18.3 Å². The monoisotopic (exact) mass is 543 g/mol. The normalized spacial score (nSPS) is 11.0. The van der Waals surface area contributed by atoms with Gasteiger partial charge in [0.2, 0.25) is 5.91 Å². The second kappa shape index (κ2) is 11.1. The Kier molecular flexibility index (Phi) is 7.48. The molecular formula is C29H25N3O4S2. The summed E-state index contributed by atoms with van der Waals surface area (Å²) in [5.41, 5.74) is 4.48. The molecule has 9 heteroatoms.